The molecule has 0 aromatic heterocycles. The van der Waals surface area contributed by atoms with Crippen molar-refractivity contribution in [2.24, 2.45) is 0 Å². The Labute approximate surface area is 173 Å². The third-order valence-corrected chi connectivity index (χ3v) is 0. The molecule has 0 fully saturated rings. The maximum atomic E-state index is 9.81. The Morgan fingerprint density at radius 3 is 1.00 bits per heavy atom. The molecule has 4 nitrogen and oxygen atoms in total. The van der Waals surface area contributed by atoms with Crippen molar-refractivity contribution in [3.63, 3.8) is 0 Å². The Hall–Kier alpha value is 5.01. The number of phosphoric acid groups is 1. The fourth-order valence-corrected chi connectivity index (χ4v) is 0. The van der Waals surface area contributed by atoms with E-state index in [-0.39, 0.29) is 113 Å². The normalized spacial score (nSPS) is 6.27. The summed E-state index contributed by atoms with van der Waals surface area (Å²) >= 11 is -2.88. The van der Waals surface area contributed by atoms with Gasteiger partial charge in [-0.1, -0.05) is 0 Å². The molecule has 0 rings (SSSR count). The first-order valence-electron chi connectivity index (χ1n) is 1.32. The maximum absolute atomic E-state index is 9.81. The Morgan fingerprint density at radius 1 is 1.00 bits per heavy atom. The van der Waals surface area contributed by atoms with Crippen molar-refractivity contribution in [2.45, 2.75) is 0 Å². The molecule has 0 bridgehead atoms. The molecule has 0 radical (unpaired) electrons. The van der Waals surface area contributed by atoms with Crippen molar-refractivity contribution in [3.05, 3.63) is 0 Å². The van der Waals surface area contributed by atoms with Gasteiger partial charge < -0.3 is 14.7 Å². The second kappa shape index (κ2) is 20.4. The van der Waals surface area contributed by atoms with E-state index in [4.69, 9.17) is 19.2 Å². The van der Waals surface area contributed by atoms with E-state index in [2.05, 4.69) is 0 Å². The summed E-state index contributed by atoms with van der Waals surface area (Å²) in [4.78, 5) is 21.6. The molecular formula is H9Ca4F2O4P. The van der Waals surface area contributed by atoms with Crippen LogP contribution in [0.1, 0.15) is 0 Å². The molecule has 0 aliphatic heterocycles. The van der Waals surface area contributed by atoms with Crippen molar-refractivity contribution in [3.8, 4) is 0 Å². The summed E-state index contributed by atoms with van der Waals surface area (Å²) in [7, 11) is -4.64. The summed E-state index contributed by atoms with van der Waals surface area (Å²) in [6.45, 7) is 0. The SMILES string of the molecule is O=P(O)(O)O.[CaH2].[CaH2].[CaH2].[F][Ca][F]. The fraction of sp³-hybridized carbons (Fsp3) is 0. The van der Waals surface area contributed by atoms with Gasteiger partial charge in [0.2, 0.25) is 0 Å². The summed E-state index contributed by atoms with van der Waals surface area (Å²) in [5.74, 6) is 0. The molecule has 0 aromatic rings. The van der Waals surface area contributed by atoms with Gasteiger partial charge in [-0.05, 0) is 0 Å². The van der Waals surface area contributed by atoms with Gasteiger partial charge in [-0.2, -0.15) is 0 Å². The molecule has 3 N–H and O–H groups in total. The Kier molecular flexibility index (Phi) is 55.2. The van der Waals surface area contributed by atoms with Gasteiger partial charge in [-0.15, -0.1) is 0 Å². The third-order valence-electron chi connectivity index (χ3n) is 0. The quantitative estimate of drug-likeness (QED) is 0.325. The molecule has 0 atom stereocenters. The van der Waals surface area contributed by atoms with Gasteiger partial charge in [0.1, 0.15) is 0 Å². The molecule has 0 spiro atoms. The molecular weight excluding hydrogens is 293 g/mol. The third kappa shape index (κ3) is 101. The van der Waals surface area contributed by atoms with Gasteiger partial charge >= 0.3 is 159 Å². The van der Waals surface area contributed by atoms with E-state index in [1.807, 2.05) is 0 Å². The molecule has 0 aromatic carbocycles. The minimum atomic E-state index is -4.64. The minimum absolute atomic E-state index is 0. The van der Waals surface area contributed by atoms with Crippen LogP contribution in [0.25, 0.3) is 0 Å². The van der Waals surface area contributed by atoms with Crippen LogP contribution in [0.5, 0.6) is 0 Å². The second-order valence-electron chi connectivity index (χ2n) is 0.614. The molecule has 11 heteroatoms. The fourth-order valence-electron chi connectivity index (χ4n) is 0. The van der Waals surface area contributed by atoms with Crippen LogP contribution in [-0.2, 0) is 4.57 Å². The van der Waals surface area contributed by atoms with E-state index >= 15 is 0 Å². The average molecular weight is 302 g/mol. The van der Waals surface area contributed by atoms with Crippen molar-refractivity contribution in [2.75, 3.05) is 0 Å². The van der Waals surface area contributed by atoms with Crippen LogP contribution in [0.4, 0.5) is 2.73 Å². The van der Waals surface area contributed by atoms with Crippen molar-refractivity contribution in [1.82, 2.24) is 0 Å². The molecule has 0 heterocycles. The van der Waals surface area contributed by atoms with Crippen LogP contribution in [-0.4, -0.2) is 163 Å². The summed E-state index contributed by atoms with van der Waals surface area (Å²) in [6, 6.07) is 0. The van der Waals surface area contributed by atoms with E-state index in [1.165, 1.54) is 0 Å². The van der Waals surface area contributed by atoms with E-state index in [0.717, 1.165) is 0 Å². The van der Waals surface area contributed by atoms with Gasteiger partial charge in [0.25, 0.3) is 0 Å². The molecule has 0 amide bonds. The Balaban J connectivity index is -0.0000000183. The van der Waals surface area contributed by atoms with Crippen LogP contribution in [0, 0.1) is 0 Å². The van der Waals surface area contributed by atoms with E-state index in [0.29, 0.717) is 0 Å². The van der Waals surface area contributed by atoms with E-state index in [9.17, 15) is 2.73 Å². The molecule has 0 aliphatic rings. The van der Waals surface area contributed by atoms with Crippen molar-refractivity contribution >= 4 is 156 Å². The average Bonchev–Trinajstić information content (AvgIpc) is 1.27. The zero-order valence-electron chi connectivity index (χ0n) is 3.66. The summed E-state index contributed by atoms with van der Waals surface area (Å²) in [6.07, 6.45) is 0. The standard InChI is InChI=1S/4Ca.2FH.H3O4P.6H/c;;;;;;1-5(2,3)4;;;;;;/h;;;;2*1H;(H3,1,2,3,4);;;;;;/q;;;+2;;;;;;;;;/p-2. The Morgan fingerprint density at radius 2 is 1.00 bits per heavy atom. The molecule has 0 saturated heterocycles. The zero-order chi connectivity index (χ0) is 7.21. The van der Waals surface area contributed by atoms with Crippen LogP contribution in [0.3, 0.4) is 0 Å². The summed E-state index contributed by atoms with van der Waals surface area (Å²) < 4.78 is 28.5. The first-order chi connectivity index (χ1) is 3.41. The number of rotatable bonds is 0. The second-order valence-corrected chi connectivity index (χ2v) is 1.96. The van der Waals surface area contributed by atoms with Crippen molar-refractivity contribution in [1.29, 1.82) is 0 Å². The molecule has 60 valence electrons. The monoisotopic (exact) mass is 302 g/mol. The van der Waals surface area contributed by atoms with Gasteiger partial charge in [-0.25, -0.2) is 4.57 Å². The zero-order valence-corrected chi connectivity index (χ0v) is 6.76. The van der Waals surface area contributed by atoms with Crippen LogP contribution in [0.15, 0.2) is 0 Å². The predicted molar refractivity (Wildman–Crippen MR) is 47.9 cm³/mol. The van der Waals surface area contributed by atoms with Gasteiger partial charge in [0, 0.05) is 0 Å². The van der Waals surface area contributed by atoms with Gasteiger partial charge in [-0.3, -0.25) is 0 Å². The van der Waals surface area contributed by atoms with Crippen LogP contribution >= 0.6 is 7.82 Å². The summed E-state index contributed by atoms with van der Waals surface area (Å²) in [5, 5.41) is 0. The van der Waals surface area contributed by atoms with Crippen LogP contribution < -0.4 is 0 Å². The van der Waals surface area contributed by atoms with Gasteiger partial charge in [0.05, 0.1) is 0 Å². The van der Waals surface area contributed by atoms with E-state index in [1.54, 1.807) is 0 Å². The van der Waals surface area contributed by atoms with E-state index < -0.39 is 43.2 Å². The first-order valence-corrected chi connectivity index (χ1v) is 4.55. The van der Waals surface area contributed by atoms with Crippen molar-refractivity contribution < 1.29 is 22.0 Å². The Bertz CT molecular complexity index is 75.9. The molecule has 0 unspecified atom stereocenters. The molecule has 11 heavy (non-hydrogen) atoms. The summed E-state index contributed by atoms with van der Waals surface area (Å²) in [5.41, 5.74) is 0. The first kappa shape index (κ1) is 29.8. The molecule has 0 saturated carbocycles. The van der Waals surface area contributed by atoms with Gasteiger partial charge in [0.15, 0.2) is 0 Å². The molecule has 0 aliphatic carbocycles. The number of hydrogen-bond donors (Lipinski definition) is 3. The van der Waals surface area contributed by atoms with Crippen LogP contribution in [0.2, 0.25) is 0 Å². The number of hydrogen-bond acceptors (Lipinski definition) is 1. The number of halogens is 2. The topological polar surface area (TPSA) is 77.8 Å². The predicted octanol–water partition coefficient (Wildman–Crippen LogP) is -3.22.